The number of hydrogen-bond donors (Lipinski definition) is 0. The molecule has 0 atom stereocenters. The molecule has 0 saturated heterocycles. The number of rotatable bonds is 3. The molecule has 2 rings (SSSR count). The van der Waals surface area contributed by atoms with Gasteiger partial charge in [0.1, 0.15) is 5.15 Å². The van der Waals surface area contributed by atoms with Crippen LogP contribution in [0.3, 0.4) is 0 Å². The third-order valence-electron chi connectivity index (χ3n) is 2.42. The van der Waals surface area contributed by atoms with Gasteiger partial charge in [0.15, 0.2) is 0 Å². The number of pyridine rings is 1. The Bertz CT molecular complexity index is 588. The predicted octanol–water partition coefficient (Wildman–Crippen LogP) is 3.89. The maximum absolute atomic E-state index is 10.8. The zero-order valence-electron chi connectivity index (χ0n) is 9.14. The van der Waals surface area contributed by atoms with Crippen LogP contribution in [0.4, 0.5) is 5.69 Å². The minimum absolute atomic E-state index is 0.189. The highest BCUT2D eigenvalue weighted by molar-refractivity contribution is 6.34. The number of aromatic nitrogens is 1. The lowest BCUT2D eigenvalue weighted by atomic mass is 10.1. The van der Waals surface area contributed by atoms with Gasteiger partial charge in [0.2, 0.25) is 5.15 Å². The van der Waals surface area contributed by atoms with Crippen LogP contribution < -0.4 is 0 Å². The van der Waals surface area contributed by atoms with E-state index in [0.717, 1.165) is 5.56 Å². The minimum Gasteiger partial charge on any atom is -0.258 e. The van der Waals surface area contributed by atoms with Crippen molar-refractivity contribution < 1.29 is 4.92 Å². The highest BCUT2D eigenvalue weighted by atomic mass is 35.5. The molecule has 0 aliphatic rings. The maximum atomic E-state index is 10.8. The first-order chi connectivity index (χ1) is 8.58. The molecule has 0 aliphatic heterocycles. The number of nitro groups is 1. The lowest BCUT2D eigenvalue weighted by Crippen LogP contribution is -1.97. The molecule has 0 unspecified atom stereocenters. The molecule has 1 aromatic heterocycles. The van der Waals surface area contributed by atoms with Crippen molar-refractivity contribution in [2.24, 2.45) is 0 Å². The SMILES string of the molecule is O=[N+]([O-])c1cc(Cc2ccccc2)c(Cl)nc1Cl. The summed E-state index contributed by atoms with van der Waals surface area (Å²) < 4.78 is 0. The average molecular weight is 283 g/mol. The molecule has 18 heavy (non-hydrogen) atoms. The summed E-state index contributed by atoms with van der Waals surface area (Å²) in [6, 6.07) is 10.9. The zero-order valence-corrected chi connectivity index (χ0v) is 10.6. The minimum atomic E-state index is -0.569. The van der Waals surface area contributed by atoms with Crippen LogP contribution in [0.25, 0.3) is 0 Å². The quantitative estimate of drug-likeness (QED) is 0.488. The molecule has 0 amide bonds. The Kier molecular flexibility index (Phi) is 3.79. The highest BCUT2D eigenvalue weighted by Gasteiger charge is 2.17. The molecule has 2 aromatic rings. The third kappa shape index (κ3) is 2.78. The highest BCUT2D eigenvalue weighted by Crippen LogP contribution is 2.28. The van der Waals surface area contributed by atoms with E-state index in [4.69, 9.17) is 23.2 Å². The monoisotopic (exact) mass is 282 g/mol. The Morgan fingerprint density at radius 3 is 2.44 bits per heavy atom. The van der Waals surface area contributed by atoms with E-state index in [1.54, 1.807) is 0 Å². The van der Waals surface area contributed by atoms with Crippen LogP contribution in [0.2, 0.25) is 10.3 Å². The molecule has 0 bridgehead atoms. The van der Waals surface area contributed by atoms with E-state index < -0.39 is 4.92 Å². The fourth-order valence-electron chi connectivity index (χ4n) is 1.57. The molecule has 0 N–H and O–H groups in total. The van der Waals surface area contributed by atoms with E-state index >= 15 is 0 Å². The first-order valence-electron chi connectivity index (χ1n) is 5.11. The molecule has 1 aromatic carbocycles. The van der Waals surface area contributed by atoms with Gasteiger partial charge in [0.25, 0.3) is 0 Å². The van der Waals surface area contributed by atoms with Crippen molar-refractivity contribution in [3.8, 4) is 0 Å². The van der Waals surface area contributed by atoms with Crippen LogP contribution in [0.5, 0.6) is 0 Å². The molecule has 4 nitrogen and oxygen atoms in total. The second-order valence-electron chi connectivity index (χ2n) is 3.67. The van der Waals surface area contributed by atoms with Crippen molar-refractivity contribution in [1.29, 1.82) is 0 Å². The molecular formula is C12H8Cl2N2O2. The van der Waals surface area contributed by atoms with Crippen molar-refractivity contribution in [3.63, 3.8) is 0 Å². The fraction of sp³-hybridized carbons (Fsp3) is 0.0833. The molecule has 0 radical (unpaired) electrons. The topological polar surface area (TPSA) is 56.0 Å². The zero-order chi connectivity index (χ0) is 13.1. The Morgan fingerprint density at radius 1 is 1.17 bits per heavy atom. The van der Waals surface area contributed by atoms with Gasteiger partial charge in [0.05, 0.1) is 4.92 Å². The van der Waals surface area contributed by atoms with E-state index in [1.807, 2.05) is 30.3 Å². The van der Waals surface area contributed by atoms with Gasteiger partial charge in [0, 0.05) is 18.1 Å². The Hall–Kier alpha value is -1.65. The smallest absolute Gasteiger partial charge is 0.258 e. The van der Waals surface area contributed by atoms with E-state index in [9.17, 15) is 10.1 Å². The Balaban J connectivity index is 2.39. The molecule has 0 aliphatic carbocycles. The first kappa shape index (κ1) is 12.8. The third-order valence-corrected chi connectivity index (χ3v) is 3.02. The summed E-state index contributed by atoms with van der Waals surface area (Å²) in [4.78, 5) is 14.0. The van der Waals surface area contributed by atoms with Crippen LogP contribution in [-0.2, 0) is 6.42 Å². The standard InChI is InChI=1S/C12H8Cl2N2O2/c13-11-9(6-8-4-2-1-3-5-8)7-10(16(17)18)12(14)15-11/h1-5,7H,6H2. The normalized spacial score (nSPS) is 10.3. The second kappa shape index (κ2) is 5.33. The summed E-state index contributed by atoms with van der Waals surface area (Å²) in [5, 5.41) is 10.8. The van der Waals surface area contributed by atoms with Crippen LogP contribution >= 0.6 is 23.2 Å². The second-order valence-corrected chi connectivity index (χ2v) is 4.38. The molecule has 0 fully saturated rings. The molecular weight excluding hydrogens is 275 g/mol. The van der Waals surface area contributed by atoms with Gasteiger partial charge in [-0.3, -0.25) is 10.1 Å². The molecule has 0 saturated carbocycles. The van der Waals surface area contributed by atoms with Crippen LogP contribution in [0, 0.1) is 10.1 Å². The van der Waals surface area contributed by atoms with E-state index in [1.165, 1.54) is 6.07 Å². The summed E-state index contributed by atoms with van der Waals surface area (Å²) in [6.45, 7) is 0. The van der Waals surface area contributed by atoms with Crippen molar-refractivity contribution >= 4 is 28.9 Å². The molecule has 92 valence electrons. The van der Waals surface area contributed by atoms with Crippen LogP contribution in [-0.4, -0.2) is 9.91 Å². The van der Waals surface area contributed by atoms with Crippen molar-refractivity contribution in [2.75, 3.05) is 0 Å². The molecule has 0 spiro atoms. The summed E-state index contributed by atoms with van der Waals surface area (Å²) in [6.07, 6.45) is 0.477. The largest absolute Gasteiger partial charge is 0.306 e. The van der Waals surface area contributed by atoms with Gasteiger partial charge < -0.3 is 0 Å². The number of nitrogens with zero attached hydrogens (tertiary/aromatic N) is 2. The maximum Gasteiger partial charge on any atom is 0.306 e. The summed E-state index contributed by atoms with van der Waals surface area (Å²) in [5.74, 6) is 0. The average Bonchev–Trinajstić information content (AvgIpc) is 2.33. The number of halogens is 2. The van der Waals surface area contributed by atoms with Gasteiger partial charge in [-0.05, 0) is 5.56 Å². The summed E-state index contributed by atoms with van der Waals surface area (Å²) >= 11 is 11.6. The lowest BCUT2D eigenvalue weighted by Gasteiger charge is -2.04. The van der Waals surface area contributed by atoms with Crippen LogP contribution in [0.15, 0.2) is 36.4 Å². The van der Waals surface area contributed by atoms with E-state index in [0.29, 0.717) is 12.0 Å². The Morgan fingerprint density at radius 2 is 1.83 bits per heavy atom. The molecule has 1 heterocycles. The van der Waals surface area contributed by atoms with E-state index in [2.05, 4.69) is 4.98 Å². The number of hydrogen-bond acceptors (Lipinski definition) is 3. The summed E-state index contributed by atoms with van der Waals surface area (Å²) in [5.41, 5.74) is 1.35. The van der Waals surface area contributed by atoms with Gasteiger partial charge in [-0.2, -0.15) is 0 Å². The summed E-state index contributed by atoms with van der Waals surface area (Å²) in [7, 11) is 0. The lowest BCUT2D eigenvalue weighted by molar-refractivity contribution is -0.385. The Labute approximate surface area is 113 Å². The predicted molar refractivity (Wildman–Crippen MR) is 70.2 cm³/mol. The van der Waals surface area contributed by atoms with Gasteiger partial charge >= 0.3 is 5.69 Å². The van der Waals surface area contributed by atoms with Crippen LogP contribution in [0.1, 0.15) is 11.1 Å². The molecule has 6 heteroatoms. The van der Waals surface area contributed by atoms with E-state index in [-0.39, 0.29) is 16.0 Å². The first-order valence-corrected chi connectivity index (χ1v) is 5.87. The van der Waals surface area contributed by atoms with Crippen molar-refractivity contribution in [1.82, 2.24) is 4.98 Å². The van der Waals surface area contributed by atoms with Gasteiger partial charge in [-0.25, -0.2) is 4.98 Å². The van der Waals surface area contributed by atoms with Gasteiger partial charge in [-0.15, -0.1) is 0 Å². The van der Waals surface area contributed by atoms with Crippen molar-refractivity contribution in [2.45, 2.75) is 6.42 Å². The fourth-order valence-corrected chi connectivity index (χ4v) is 2.02. The number of benzene rings is 1. The van der Waals surface area contributed by atoms with Gasteiger partial charge in [-0.1, -0.05) is 53.5 Å². The van der Waals surface area contributed by atoms with Crippen molar-refractivity contribution in [3.05, 3.63) is 67.9 Å².